The highest BCUT2D eigenvalue weighted by Gasteiger charge is 1.97. The molecule has 0 atom stereocenters. The van der Waals surface area contributed by atoms with Gasteiger partial charge in [0.25, 0.3) is 0 Å². The second-order valence-corrected chi connectivity index (χ2v) is 3.08. The van der Waals surface area contributed by atoms with Crippen molar-refractivity contribution in [3.8, 4) is 0 Å². The number of aliphatic hydroxyl groups excluding tert-OH is 1. The Morgan fingerprint density at radius 1 is 1.31 bits per heavy atom. The van der Waals surface area contributed by atoms with E-state index in [2.05, 4.69) is 0 Å². The van der Waals surface area contributed by atoms with Crippen molar-refractivity contribution in [3.05, 3.63) is 41.5 Å². The average molecular weight is 175 g/mol. The van der Waals surface area contributed by atoms with E-state index in [9.17, 15) is 5.11 Å². The van der Waals surface area contributed by atoms with Crippen LogP contribution in [0, 0.1) is 12.3 Å². The molecule has 68 valence electrons. The Kier molecular flexibility index (Phi) is 2.85. The average Bonchev–Trinajstić information content (AvgIpc) is 2.04. The Balaban J connectivity index is 2.96. The van der Waals surface area contributed by atoms with Gasteiger partial charge in [0, 0.05) is 17.4 Å². The van der Waals surface area contributed by atoms with Crippen LogP contribution in [0.2, 0.25) is 0 Å². The number of hydrogen-bond acceptors (Lipinski definition) is 2. The van der Waals surface area contributed by atoms with Crippen molar-refractivity contribution in [2.24, 2.45) is 0 Å². The molecular formula is C11H13NO. The molecule has 2 N–H and O–H groups in total. The molecule has 0 spiro atoms. The lowest BCUT2D eigenvalue weighted by atomic mass is 10.1. The fourth-order valence-electron chi connectivity index (χ4n) is 1.01. The van der Waals surface area contributed by atoms with Gasteiger partial charge in [-0.25, -0.2) is 0 Å². The molecule has 2 heteroatoms. The quantitative estimate of drug-likeness (QED) is 0.526. The standard InChI is InChI=1S/C11H13NO/c1-8-3-5-10(6-4-8)11(13)7-9(2)12/h3-7,12-13H,1-2H3/b11-7-,12-9?. The molecule has 1 aromatic carbocycles. The Labute approximate surface area is 78.0 Å². The van der Waals surface area contributed by atoms with Crippen LogP contribution in [0.25, 0.3) is 5.76 Å². The molecule has 2 nitrogen and oxygen atoms in total. The number of hydrogen-bond donors (Lipinski definition) is 2. The van der Waals surface area contributed by atoms with Crippen LogP contribution in [0.4, 0.5) is 0 Å². The van der Waals surface area contributed by atoms with Gasteiger partial charge in [-0.2, -0.15) is 0 Å². The van der Waals surface area contributed by atoms with Crippen LogP contribution >= 0.6 is 0 Å². The topological polar surface area (TPSA) is 44.1 Å². The van der Waals surface area contributed by atoms with Crippen molar-refractivity contribution < 1.29 is 5.11 Å². The first kappa shape index (κ1) is 9.52. The van der Waals surface area contributed by atoms with E-state index < -0.39 is 0 Å². The van der Waals surface area contributed by atoms with Crippen molar-refractivity contribution in [2.75, 3.05) is 0 Å². The summed E-state index contributed by atoms with van der Waals surface area (Å²) < 4.78 is 0. The summed E-state index contributed by atoms with van der Waals surface area (Å²) in [5.41, 5.74) is 2.25. The van der Waals surface area contributed by atoms with Gasteiger partial charge in [0.15, 0.2) is 0 Å². The molecule has 0 heterocycles. The van der Waals surface area contributed by atoms with Crippen molar-refractivity contribution >= 4 is 11.5 Å². The van der Waals surface area contributed by atoms with Crippen LogP contribution in [-0.4, -0.2) is 10.8 Å². The zero-order chi connectivity index (χ0) is 9.84. The van der Waals surface area contributed by atoms with E-state index in [4.69, 9.17) is 5.41 Å². The van der Waals surface area contributed by atoms with Crippen molar-refractivity contribution in [3.63, 3.8) is 0 Å². The van der Waals surface area contributed by atoms with E-state index in [0.717, 1.165) is 11.1 Å². The zero-order valence-electron chi connectivity index (χ0n) is 7.83. The molecule has 0 unspecified atom stereocenters. The zero-order valence-corrected chi connectivity index (χ0v) is 7.83. The van der Waals surface area contributed by atoms with Crippen LogP contribution in [0.3, 0.4) is 0 Å². The van der Waals surface area contributed by atoms with Crippen molar-refractivity contribution in [1.29, 1.82) is 5.41 Å². The molecule has 0 fully saturated rings. The maximum absolute atomic E-state index is 9.50. The van der Waals surface area contributed by atoms with Crippen molar-refractivity contribution in [2.45, 2.75) is 13.8 Å². The van der Waals surface area contributed by atoms with Crippen molar-refractivity contribution in [1.82, 2.24) is 0 Å². The lowest BCUT2D eigenvalue weighted by Crippen LogP contribution is -1.87. The second kappa shape index (κ2) is 3.90. The summed E-state index contributed by atoms with van der Waals surface area (Å²) in [6.45, 7) is 3.62. The number of aryl methyl sites for hydroxylation is 1. The third-order valence-corrected chi connectivity index (χ3v) is 1.70. The van der Waals surface area contributed by atoms with Gasteiger partial charge in [0.05, 0.1) is 0 Å². The molecule has 0 aromatic heterocycles. The lowest BCUT2D eigenvalue weighted by Gasteiger charge is -2.00. The molecule has 0 aliphatic heterocycles. The van der Waals surface area contributed by atoms with Crippen LogP contribution in [0.5, 0.6) is 0 Å². The summed E-state index contributed by atoms with van der Waals surface area (Å²) in [4.78, 5) is 0. The summed E-state index contributed by atoms with van der Waals surface area (Å²) >= 11 is 0. The van der Waals surface area contributed by atoms with Gasteiger partial charge in [-0.1, -0.05) is 29.8 Å². The Bertz CT molecular complexity index is 336. The molecule has 1 aromatic rings. The minimum absolute atomic E-state index is 0.146. The maximum atomic E-state index is 9.50. The first-order valence-corrected chi connectivity index (χ1v) is 4.12. The minimum atomic E-state index is 0.146. The number of rotatable bonds is 2. The lowest BCUT2D eigenvalue weighted by molar-refractivity contribution is 0.512. The predicted octanol–water partition coefficient (Wildman–Crippen LogP) is 2.93. The fourth-order valence-corrected chi connectivity index (χ4v) is 1.01. The fraction of sp³-hybridized carbons (Fsp3) is 0.182. The molecule has 0 saturated carbocycles. The van der Waals surface area contributed by atoms with E-state index in [0.29, 0.717) is 5.71 Å². The first-order valence-electron chi connectivity index (χ1n) is 4.12. The third-order valence-electron chi connectivity index (χ3n) is 1.70. The molecule has 0 aliphatic rings. The monoisotopic (exact) mass is 175 g/mol. The summed E-state index contributed by atoms with van der Waals surface area (Å²) in [5.74, 6) is 0.146. The molecular weight excluding hydrogens is 162 g/mol. The van der Waals surface area contributed by atoms with Crippen LogP contribution in [0.15, 0.2) is 30.3 Å². The number of benzene rings is 1. The van der Waals surface area contributed by atoms with E-state index in [-0.39, 0.29) is 5.76 Å². The van der Waals surface area contributed by atoms with Crippen LogP contribution < -0.4 is 0 Å². The highest BCUT2D eigenvalue weighted by molar-refractivity contribution is 5.95. The predicted molar refractivity (Wildman–Crippen MR) is 55.2 cm³/mol. The third kappa shape index (κ3) is 2.75. The number of aliphatic hydroxyl groups is 1. The molecule has 0 radical (unpaired) electrons. The number of allylic oxidation sites excluding steroid dienone is 1. The summed E-state index contributed by atoms with van der Waals surface area (Å²) in [6.07, 6.45) is 1.44. The maximum Gasteiger partial charge on any atom is 0.124 e. The van der Waals surface area contributed by atoms with E-state index in [1.165, 1.54) is 6.08 Å². The molecule has 0 aliphatic carbocycles. The minimum Gasteiger partial charge on any atom is -0.507 e. The first-order chi connectivity index (χ1) is 6.09. The van der Waals surface area contributed by atoms with Gasteiger partial charge in [0.2, 0.25) is 0 Å². The normalized spacial score (nSPS) is 11.4. The molecule has 0 amide bonds. The Morgan fingerprint density at radius 2 is 1.85 bits per heavy atom. The van der Waals surface area contributed by atoms with Gasteiger partial charge < -0.3 is 10.5 Å². The van der Waals surface area contributed by atoms with Crippen LogP contribution in [-0.2, 0) is 0 Å². The molecule has 13 heavy (non-hydrogen) atoms. The second-order valence-electron chi connectivity index (χ2n) is 3.08. The van der Waals surface area contributed by atoms with Gasteiger partial charge in [-0.05, 0) is 13.8 Å². The molecule has 1 rings (SSSR count). The SMILES string of the molecule is CC(=N)/C=C(\O)c1ccc(C)cc1. The van der Waals surface area contributed by atoms with E-state index in [1.807, 2.05) is 31.2 Å². The smallest absolute Gasteiger partial charge is 0.124 e. The highest BCUT2D eigenvalue weighted by Crippen LogP contribution is 2.11. The molecule has 0 saturated heterocycles. The number of nitrogens with one attached hydrogen (secondary N) is 1. The summed E-state index contributed by atoms with van der Waals surface area (Å²) in [6, 6.07) is 7.53. The summed E-state index contributed by atoms with van der Waals surface area (Å²) in [7, 11) is 0. The molecule has 0 bridgehead atoms. The summed E-state index contributed by atoms with van der Waals surface area (Å²) in [5, 5.41) is 16.7. The van der Waals surface area contributed by atoms with Gasteiger partial charge >= 0.3 is 0 Å². The van der Waals surface area contributed by atoms with E-state index >= 15 is 0 Å². The largest absolute Gasteiger partial charge is 0.507 e. The highest BCUT2D eigenvalue weighted by atomic mass is 16.3. The van der Waals surface area contributed by atoms with Gasteiger partial charge in [-0.15, -0.1) is 0 Å². The van der Waals surface area contributed by atoms with Gasteiger partial charge in [-0.3, -0.25) is 0 Å². The van der Waals surface area contributed by atoms with Crippen LogP contribution in [0.1, 0.15) is 18.1 Å². The Morgan fingerprint density at radius 3 is 2.31 bits per heavy atom. The Hall–Kier alpha value is -1.57. The van der Waals surface area contributed by atoms with Gasteiger partial charge in [0.1, 0.15) is 5.76 Å². The van der Waals surface area contributed by atoms with E-state index in [1.54, 1.807) is 6.92 Å².